The number of pyridine rings is 1. The molecule has 1 atom stereocenters. The van der Waals surface area contributed by atoms with Gasteiger partial charge in [0.25, 0.3) is 0 Å². The summed E-state index contributed by atoms with van der Waals surface area (Å²) in [5.41, 5.74) is 3.83. The summed E-state index contributed by atoms with van der Waals surface area (Å²) in [4.78, 5) is 18.8. The van der Waals surface area contributed by atoms with E-state index in [4.69, 9.17) is 4.74 Å². The molecule has 1 unspecified atom stereocenters. The lowest BCUT2D eigenvalue weighted by Crippen LogP contribution is -2.47. The summed E-state index contributed by atoms with van der Waals surface area (Å²) >= 11 is 0. The SMILES string of the molecule is COCCN1CCN(c2ncnc(C)c2C#Cc2cnc(C)c(NS(=O)c3ccccc3)c2)CC1. The van der Waals surface area contributed by atoms with Crippen LogP contribution in [0.4, 0.5) is 11.5 Å². The molecule has 1 N–H and O–H groups in total. The summed E-state index contributed by atoms with van der Waals surface area (Å²) in [7, 11) is 0.347. The number of benzene rings is 1. The average molecular weight is 491 g/mol. The number of nitrogens with one attached hydrogen (secondary N) is 1. The minimum Gasteiger partial charge on any atom is -0.383 e. The van der Waals surface area contributed by atoms with Crippen LogP contribution in [0.25, 0.3) is 0 Å². The summed E-state index contributed by atoms with van der Waals surface area (Å²) in [5.74, 6) is 7.35. The maximum atomic E-state index is 12.7. The smallest absolute Gasteiger partial charge is 0.150 e. The topological polar surface area (TPSA) is 83.5 Å². The van der Waals surface area contributed by atoms with Crippen molar-refractivity contribution in [2.24, 2.45) is 0 Å². The van der Waals surface area contributed by atoms with Crippen LogP contribution in [0.5, 0.6) is 0 Å². The van der Waals surface area contributed by atoms with E-state index in [1.54, 1.807) is 19.6 Å². The Bertz CT molecular complexity index is 1230. The number of aryl methyl sites for hydroxylation is 2. The highest BCUT2D eigenvalue weighted by molar-refractivity contribution is 7.86. The molecule has 8 nitrogen and oxygen atoms in total. The van der Waals surface area contributed by atoms with E-state index in [1.807, 2.05) is 50.2 Å². The van der Waals surface area contributed by atoms with Crippen molar-refractivity contribution in [1.29, 1.82) is 0 Å². The molecule has 0 saturated carbocycles. The second-order valence-electron chi connectivity index (χ2n) is 8.27. The third-order valence-electron chi connectivity index (χ3n) is 5.88. The van der Waals surface area contributed by atoms with E-state index in [-0.39, 0.29) is 0 Å². The molecule has 0 radical (unpaired) electrons. The van der Waals surface area contributed by atoms with Gasteiger partial charge in [0, 0.05) is 51.6 Å². The Balaban J connectivity index is 1.53. The van der Waals surface area contributed by atoms with Crippen LogP contribution in [0, 0.1) is 25.7 Å². The zero-order chi connectivity index (χ0) is 24.6. The second-order valence-corrected chi connectivity index (χ2v) is 9.48. The molecule has 4 rings (SSSR count). The highest BCUT2D eigenvalue weighted by Crippen LogP contribution is 2.21. The summed E-state index contributed by atoms with van der Waals surface area (Å²) in [6, 6.07) is 11.2. The maximum Gasteiger partial charge on any atom is 0.150 e. The molecule has 1 aromatic carbocycles. The van der Waals surface area contributed by atoms with Crippen LogP contribution in [0.1, 0.15) is 22.5 Å². The van der Waals surface area contributed by atoms with Crippen LogP contribution >= 0.6 is 0 Å². The first kappa shape index (κ1) is 24.8. The third-order valence-corrected chi connectivity index (χ3v) is 6.98. The van der Waals surface area contributed by atoms with Crippen molar-refractivity contribution < 1.29 is 8.95 Å². The van der Waals surface area contributed by atoms with Crippen molar-refractivity contribution in [3.63, 3.8) is 0 Å². The monoisotopic (exact) mass is 490 g/mol. The molecule has 3 aromatic rings. The molecule has 1 aliphatic rings. The number of ether oxygens (including phenoxy) is 1. The Morgan fingerprint density at radius 2 is 1.80 bits per heavy atom. The molecular weight excluding hydrogens is 460 g/mol. The van der Waals surface area contributed by atoms with Gasteiger partial charge in [-0.3, -0.25) is 14.6 Å². The number of piperazine rings is 1. The van der Waals surface area contributed by atoms with Crippen LogP contribution in [-0.2, 0) is 15.7 Å². The van der Waals surface area contributed by atoms with Gasteiger partial charge < -0.3 is 9.64 Å². The fraction of sp³-hybridized carbons (Fsp3) is 0.346. The van der Waals surface area contributed by atoms with Gasteiger partial charge >= 0.3 is 0 Å². The van der Waals surface area contributed by atoms with Gasteiger partial charge in [-0.05, 0) is 32.0 Å². The molecule has 3 heterocycles. The summed E-state index contributed by atoms with van der Waals surface area (Å²) in [5, 5.41) is 0. The van der Waals surface area contributed by atoms with Crippen LogP contribution in [0.2, 0.25) is 0 Å². The predicted octanol–water partition coefficient (Wildman–Crippen LogP) is 2.79. The van der Waals surface area contributed by atoms with Crippen molar-refractivity contribution in [3.8, 4) is 11.8 Å². The third kappa shape index (κ3) is 6.42. The van der Waals surface area contributed by atoms with E-state index in [1.165, 1.54) is 0 Å². The number of anilines is 2. The fourth-order valence-corrected chi connectivity index (χ4v) is 4.72. The standard InChI is InChI=1S/C26H30N6O2S/c1-20-24(26(29-19-28-20)32-13-11-31(12-14-32)15-16-34-3)10-9-22-17-25(21(2)27-18-22)30-35(33)23-7-5-4-6-8-23/h4-8,17-19,30H,11-16H2,1-3H3. The average Bonchev–Trinajstić information content (AvgIpc) is 2.89. The number of methoxy groups -OCH3 is 1. The molecule has 182 valence electrons. The van der Waals surface area contributed by atoms with E-state index >= 15 is 0 Å². The first-order chi connectivity index (χ1) is 17.0. The van der Waals surface area contributed by atoms with Crippen molar-refractivity contribution in [2.75, 3.05) is 56.1 Å². The molecule has 1 fully saturated rings. The molecule has 1 aliphatic heterocycles. The van der Waals surface area contributed by atoms with Gasteiger partial charge in [0.2, 0.25) is 0 Å². The Morgan fingerprint density at radius 1 is 1.03 bits per heavy atom. The Morgan fingerprint density at radius 3 is 2.54 bits per heavy atom. The maximum absolute atomic E-state index is 12.7. The van der Waals surface area contributed by atoms with E-state index < -0.39 is 11.0 Å². The second kappa shape index (κ2) is 11.9. The van der Waals surface area contributed by atoms with Gasteiger partial charge in [-0.1, -0.05) is 30.0 Å². The molecule has 0 amide bonds. The summed E-state index contributed by atoms with van der Waals surface area (Å²) < 4.78 is 21.0. The lowest BCUT2D eigenvalue weighted by atomic mass is 10.1. The zero-order valence-corrected chi connectivity index (χ0v) is 21.1. The fourth-order valence-electron chi connectivity index (χ4n) is 3.79. The summed E-state index contributed by atoms with van der Waals surface area (Å²) in [6.07, 6.45) is 3.33. The lowest BCUT2D eigenvalue weighted by Gasteiger charge is -2.35. The van der Waals surface area contributed by atoms with Gasteiger partial charge in [-0.15, -0.1) is 0 Å². The molecule has 0 spiro atoms. The van der Waals surface area contributed by atoms with E-state index in [2.05, 4.69) is 41.3 Å². The van der Waals surface area contributed by atoms with E-state index in [0.717, 1.165) is 67.7 Å². The van der Waals surface area contributed by atoms with Gasteiger partial charge in [-0.2, -0.15) is 0 Å². The van der Waals surface area contributed by atoms with Gasteiger partial charge in [0.15, 0.2) is 0 Å². The van der Waals surface area contributed by atoms with Crippen molar-refractivity contribution in [3.05, 3.63) is 71.4 Å². The van der Waals surface area contributed by atoms with Crippen molar-refractivity contribution >= 4 is 22.5 Å². The number of hydrogen-bond acceptors (Lipinski definition) is 7. The van der Waals surface area contributed by atoms with Crippen LogP contribution in [-0.4, -0.2) is 70.5 Å². The minimum absolute atomic E-state index is 0.687. The first-order valence-corrected chi connectivity index (χ1v) is 12.7. The van der Waals surface area contributed by atoms with Gasteiger partial charge in [0.1, 0.15) is 23.1 Å². The van der Waals surface area contributed by atoms with Crippen molar-refractivity contribution in [2.45, 2.75) is 18.7 Å². The Kier molecular flexibility index (Phi) is 8.42. The largest absolute Gasteiger partial charge is 0.383 e. The highest BCUT2D eigenvalue weighted by atomic mass is 32.2. The molecule has 35 heavy (non-hydrogen) atoms. The lowest BCUT2D eigenvalue weighted by molar-refractivity contribution is 0.144. The molecule has 1 saturated heterocycles. The predicted molar refractivity (Wildman–Crippen MR) is 139 cm³/mol. The number of rotatable bonds is 7. The molecular formula is C26H30N6O2S. The molecule has 9 heteroatoms. The molecule has 2 aromatic heterocycles. The quantitative estimate of drug-likeness (QED) is 0.510. The van der Waals surface area contributed by atoms with Crippen LogP contribution in [0.15, 0.2) is 53.8 Å². The highest BCUT2D eigenvalue weighted by Gasteiger charge is 2.20. The number of aromatic nitrogens is 3. The van der Waals surface area contributed by atoms with E-state index in [9.17, 15) is 4.21 Å². The normalized spacial score (nSPS) is 14.8. The van der Waals surface area contributed by atoms with Gasteiger partial charge in [-0.25, -0.2) is 14.2 Å². The Labute approximate surface area is 209 Å². The van der Waals surface area contributed by atoms with Crippen molar-refractivity contribution in [1.82, 2.24) is 19.9 Å². The summed E-state index contributed by atoms with van der Waals surface area (Å²) in [6.45, 7) is 9.16. The zero-order valence-electron chi connectivity index (χ0n) is 20.3. The first-order valence-electron chi connectivity index (χ1n) is 11.5. The van der Waals surface area contributed by atoms with Crippen LogP contribution < -0.4 is 9.62 Å². The minimum atomic E-state index is -1.39. The number of nitrogens with zero attached hydrogens (tertiary/aromatic N) is 5. The molecule has 0 bridgehead atoms. The molecule has 0 aliphatic carbocycles. The number of hydrogen-bond donors (Lipinski definition) is 1. The van der Waals surface area contributed by atoms with E-state index in [0.29, 0.717) is 10.6 Å². The van der Waals surface area contributed by atoms with Crippen LogP contribution in [0.3, 0.4) is 0 Å². The van der Waals surface area contributed by atoms with Gasteiger partial charge in [0.05, 0.1) is 34.1 Å². The Hall–Kier alpha value is -3.32.